The Morgan fingerprint density at radius 1 is 1.27 bits per heavy atom. The predicted molar refractivity (Wildman–Crippen MR) is 120 cm³/mol. The zero-order valence-electron chi connectivity index (χ0n) is 17.2. The molecule has 160 valence electrons. The van der Waals surface area contributed by atoms with Gasteiger partial charge in [0.05, 0.1) is 35.3 Å². The van der Waals surface area contributed by atoms with Crippen molar-refractivity contribution in [1.29, 1.82) is 0 Å². The standard InChI is InChI=1S/C20H25ClN6O2S/c1-13(2)30-20-25-17(22-9-11-29-3)15-12-24-27(18(15)26-20)10-8-23-19(28)14-6-4-5-7-16(14)21/h4-7,12-13H,8-11H2,1-3H3,(H,23,28)(H,22,25,26). The number of hydrogen-bond donors (Lipinski definition) is 2. The van der Waals surface area contributed by atoms with E-state index in [9.17, 15) is 4.79 Å². The van der Waals surface area contributed by atoms with Gasteiger partial charge in [0.1, 0.15) is 5.82 Å². The summed E-state index contributed by atoms with van der Waals surface area (Å²) in [6.45, 7) is 6.26. The van der Waals surface area contributed by atoms with Gasteiger partial charge in [0.15, 0.2) is 10.8 Å². The molecule has 0 unspecified atom stereocenters. The number of anilines is 1. The number of fused-ring (bicyclic) bond motifs is 1. The molecule has 1 aromatic carbocycles. The Morgan fingerprint density at radius 2 is 2.07 bits per heavy atom. The third-order valence-electron chi connectivity index (χ3n) is 4.14. The van der Waals surface area contributed by atoms with Gasteiger partial charge in [-0.3, -0.25) is 4.79 Å². The molecule has 2 heterocycles. The summed E-state index contributed by atoms with van der Waals surface area (Å²) < 4.78 is 6.89. The molecule has 2 N–H and O–H groups in total. The summed E-state index contributed by atoms with van der Waals surface area (Å²) in [6, 6.07) is 6.96. The molecule has 0 aliphatic heterocycles. The van der Waals surface area contributed by atoms with Crippen LogP contribution in [0.15, 0.2) is 35.6 Å². The van der Waals surface area contributed by atoms with Gasteiger partial charge in [-0.15, -0.1) is 0 Å². The van der Waals surface area contributed by atoms with Crippen LogP contribution in [0.2, 0.25) is 5.02 Å². The summed E-state index contributed by atoms with van der Waals surface area (Å²) >= 11 is 7.68. The van der Waals surface area contributed by atoms with Crippen molar-refractivity contribution in [3.05, 3.63) is 41.0 Å². The molecular weight excluding hydrogens is 424 g/mol. The highest BCUT2D eigenvalue weighted by Gasteiger charge is 2.15. The van der Waals surface area contributed by atoms with Crippen molar-refractivity contribution < 1.29 is 9.53 Å². The number of methoxy groups -OCH3 is 1. The van der Waals surface area contributed by atoms with E-state index < -0.39 is 0 Å². The van der Waals surface area contributed by atoms with E-state index in [1.54, 1.807) is 54.0 Å². The molecule has 0 atom stereocenters. The number of ether oxygens (including phenoxy) is 1. The molecular formula is C20H25ClN6O2S. The quantitative estimate of drug-likeness (QED) is 0.278. The van der Waals surface area contributed by atoms with Crippen LogP contribution in [0.25, 0.3) is 11.0 Å². The minimum Gasteiger partial charge on any atom is -0.383 e. The average molecular weight is 449 g/mol. The van der Waals surface area contributed by atoms with Gasteiger partial charge in [0.2, 0.25) is 0 Å². The smallest absolute Gasteiger partial charge is 0.252 e. The van der Waals surface area contributed by atoms with Crippen LogP contribution in [-0.2, 0) is 11.3 Å². The molecule has 0 bridgehead atoms. The first-order valence-electron chi connectivity index (χ1n) is 9.65. The van der Waals surface area contributed by atoms with Crippen LogP contribution in [0.4, 0.5) is 5.82 Å². The second-order valence-electron chi connectivity index (χ2n) is 6.78. The zero-order chi connectivity index (χ0) is 21.5. The maximum Gasteiger partial charge on any atom is 0.252 e. The molecule has 0 saturated carbocycles. The topological polar surface area (TPSA) is 94.0 Å². The van der Waals surface area contributed by atoms with Gasteiger partial charge in [-0.25, -0.2) is 14.6 Å². The van der Waals surface area contributed by atoms with E-state index in [2.05, 4.69) is 39.5 Å². The lowest BCUT2D eigenvalue weighted by molar-refractivity contribution is 0.0952. The molecule has 2 aromatic heterocycles. The second-order valence-corrected chi connectivity index (χ2v) is 8.73. The van der Waals surface area contributed by atoms with Crippen molar-refractivity contribution in [1.82, 2.24) is 25.1 Å². The highest BCUT2D eigenvalue weighted by atomic mass is 35.5. The van der Waals surface area contributed by atoms with Gasteiger partial charge in [-0.2, -0.15) is 5.10 Å². The highest BCUT2D eigenvalue weighted by Crippen LogP contribution is 2.26. The van der Waals surface area contributed by atoms with Crippen LogP contribution in [0.5, 0.6) is 0 Å². The van der Waals surface area contributed by atoms with Crippen LogP contribution < -0.4 is 10.6 Å². The number of amides is 1. The van der Waals surface area contributed by atoms with Crippen LogP contribution in [-0.4, -0.2) is 57.7 Å². The summed E-state index contributed by atoms with van der Waals surface area (Å²) in [5.41, 5.74) is 1.17. The van der Waals surface area contributed by atoms with E-state index in [1.165, 1.54) is 0 Å². The monoisotopic (exact) mass is 448 g/mol. The van der Waals surface area contributed by atoms with E-state index >= 15 is 0 Å². The molecule has 3 rings (SSSR count). The minimum atomic E-state index is -0.218. The molecule has 0 fully saturated rings. The Balaban J connectivity index is 1.75. The largest absolute Gasteiger partial charge is 0.383 e. The molecule has 0 aliphatic rings. The van der Waals surface area contributed by atoms with Crippen molar-refractivity contribution >= 4 is 46.1 Å². The SMILES string of the molecule is COCCNc1nc(SC(C)C)nc2c1cnn2CCNC(=O)c1ccccc1Cl. The lowest BCUT2D eigenvalue weighted by atomic mass is 10.2. The van der Waals surface area contributed by atoms with Crippen LogP contribution in [0.3, 0.4) is 0 Å². The summed E-state index contributed by atoms with van der Waals surface area (Å²) in [5.74, 6) is 0.510. The third-order valence-corrected chi connectivity index (χ3v) is 5.34. The number of halogens is 1. The molecule has 3 aromatic rings. The van der Waals surface area contributed by atoms with Gasteiger partial charge in [0, 0.05) is 25.4 Å². The van der Waals surface area contributed by atoms with Crippen LogP contribution in [0, 0.1) is 0 Å². The van der Waals surface area contributed by atoms with Gasteiger partial charge in [-0.05, 0) is 12.1 Å². The molecule has 8 nitrogen and oxygen atoms in total. The zero-order valence-corrected chi connectivity index (χ0v) is 18.8. The summed E-state index contributed by atoms with van der Waals surface area (Å²) in [7, 11) is 1.66. The van der Waals surface area contributed by atoms with Gasteiger partial charge in [-0.1, -0.05) is 49.3 Å². The van der Waals surface area contributed by atoms with Crippen molar-refractivity contribution in [2.45, 2.75) is 30.8 Å². The van der Waals surface area contributed by atoms with Crippen LogP contribution in [0.1, 0.15) is 24.2 Å². The second kappa shape index (κ2) is 10.6. The Bertz CT molecular complexity index is 1010. The van der Waals surface area contributed by atoms with E-state index in [1.807, 2.05) is 0 Å². The number of hydrogen-bond acceptors (Lipinski definition) is 7. The molecule has 10 heteroatoms. The molecule has 30 heavy (non-hydrogen) atoms. The summed E-state index contributed by atoms with van der Waals surface area (Å²) in [4.78, 5) is 21.7. The average Bonchev–Trinajstić information content (AvgIpc) is 3.11. The number of nitrogens with zero attached hydrogens (tertiary/aromatic N) is 4. The van der Waals surface area contributed by atoms with Crippen molar-refractivity contribution in [2.24, 2.45) is 0 Å². The number of rotatable bonds is 10. The third kappa shape index (κ3) is 5.62. The first-order valence-corrected chi connectivity index (χ1v) is 10.9. The van der Waals surface area contributed by atoms with Crippen molar-refractivity contribution in [3.63, 3.8) is 0 Å². The van der Waals surface area contributed by atoms with Crippen molar-refractivity contribution in [3.8, 4) is 0 Å². The highest BCUT2D eigenvalue weighted by molar-refractivity contribution is 7.99. The van der Waals surface area contributed by atoms with E-state index in [0.717, 1.165) is 16.9 Å². The summed E-state index contributed by atoms with van der Waals surface area (Å²) in [5, 5.41) is 12.9. The normalized spacial score (nSPS) is 11.2. The maximum atomic E-state index is 12.4. The fourth-order valence-corrected chi connectivity index (χ4v) is 3.71. The number of nitrogens with one attached hydrogen (secondary N) is 2. The molecule has 0 aliphatic carbocycles. The Morgan fingerprint density at radius 3 is 2.80 bits per heavy atom. The Labute approximate surface area is 184 Å². The van der Waals surface area contributed by atoms with Crippen LogP contribution >= 0.6 is 23.4 Å². The number of carbonyl (C=O) groups excluding carboxylic acids is 1. The molecule has 0 radical (unpaired) electrons. The number of carbonyl (C=O) groups is 1. The minimum absolute atomic E-state index is 0.218. The molecule has 0 saturated heterocycles. The lowest BCUT2D eigenvalue weighted by Gasteiger charge is -2.11. The van der Waals surface area contributed by atoms with E-state index in [-0.39, 0.29) is 5.91 Å². The van der Waals surface area contributed by atoms with Gasteiger partial charge >= 0.3 is 0 Å². The summed E-state index contributed by atoms with van der Waals surface area (Å²) in [6.07, 6.45) is 1.74. The lowest BCUT2D eigenvalue weighted by Crippen LogP contribution is -2.27. The maximum absolute atomic E-state index is 12.4. The fourth-order valence-electron chi connectivity index (χ4n) is 2.78. The predicted octanol–water partition coefficient (Wildman–Crippen LogP) is 3.47. The first-order chi connectivity index (χ1) is 14.5. The Kier molecular flexibility index (Phi) is 7.89. The van der Waals surface area contributed by atoms with E-state index in [4.69, 9.17) is 16.3 Å². The number of aromatic nitrogens is 4. The fraction of sp³-hybridized carbons (Fsp3) is 0.400. The van der Waals surface area contributed by atoms with Gasteiger partial charge < -0.3 is 15.4 Å². The number of thioether (sulfide) groups is 1. The molecule has 0 spiro atoms. The van der Waals surface area contributed by atoms with Crippen molar-refractivity contribution in [2.75, 3.05) is 32.1 Å². The first kappa shape index (κ1) is 22.3. The number of benzene rings is 1. The molecule has 1 amide bonds. The van der Waals surface area contributed by atoms with E-state index in [0.29, 0.717) is 47.2 Å². The Hall–Kier alpha value is -2.36. The van der Waals surface area contributed by atoms with Gasteiger partial charge in [0.25, 0.3) is 5.91 Å².